The molecule has 140 valence electrons. The van der Waals surface area contributed by atoms with Crippen LogP contribution in [0, 0.1) is 0 Å². The number of rotatable bonds is 7. The van der Waals surface area contributed by atoms with Gasteiger partial charge < -0.3 is 9.88 Å². The highest BCUT2D eigenvalue weighted by Crippen LogP contribution is 2.11. The summed E-state index contributed by atoms with van der Waals surface area (Å²) in [5.41, 5.74) is 3.05. The number of hydrogen-bond donors (Lipinski definition) is 1. The third kappa shape index (κ3) is 4.54. The van der Waals surface area contributed by atoms with Crippen molar-refractivity contribution in [1.29, 1.82) is 0 Å². The molecule has 0 spiro atoms. The monoisotopic (exact) mass is 371 g/mol. The molecule has 6 nitrogen and oxygen atoms in total. The SMILES string of the molecule is O=C(Cc1ccc(-n2cccc2)cc1)Nc1ccn(CCc2ccccn2)n1. The lowest BCUT2D eigenvalue weighted by Crippen LogP contribution is -2.15. The number of carbonyl (C=O) groups excluding carboxylic acids is 1. The van der Waals surface area contributed by atoms with Gasteiger partial charge in [0, 0.05) is 55.2 Å². The van der Waals surface area contributed by atoms with Crippen molar-refractivity contribution < 1.29 is 4.79 Å². The molecule has 6 heteroatoms. The van der Waals surface area contributed by atoms with Gasteiger partial charge in [-0.15, -0.1) is 0 Å². The van der Waals surface area contributed by atoms with Crippen LogP contribution in [0.15, 0.2) is 85.5 Å². The number of hydrogen-bond acceptors (Lipinski definition) is 3. The van der Waals surface area contributed by atoms with Gasteiger partial charge in [-0.3, -0.25) is 14.5 Å². The van der Waals surface area contributed by atoms with Crippen LogP contribution in [-0.2, 0) is 24.2 Å². The lowest BCUT2D eigenvalue weighted by Gasteiger charge is -2.06. The Bertz CT molecular complexity index is 1020. The number of amides is 1. The summed E-state index contributed by atoms with van der Waals surface area (Å²) in [6.45, 7) is 0.716. The molecule has 0 saturated heterocycles. The first-order valence-corrected chi connectivity index (χ1v) is 9.22. The van der Waals surface area contributed by atoms with Gasteiger partial charge in [-0.1, -0.05) is 18.2 Å². The minimum absolute atomic E-state index is 0.0799. The van der Waals surface area contributed by atoms with E-state index in [0.717, 1.165) is 23.4 Å². The van der Waals surface area contributed by atoms with Crippen LogP contribution in [0.2, 0.25) is 0 Å². The zero-order valence-corrected chi connectivity index (χ0v) is 15.4. The third-order valence-corrected chi connectivity index (χ3v) is 4.43. The molecule has 0 radical (unpaired) electrons. The predicted molar refractivity (Wildman–Crippen MR) is 108 cm³/mol. The molecule has 0 aliphatic heterocycles. The molecular formula is C22H21N5O. The summed E-state index contributed by atoms with van der Waals surface area (Å²) in [5.74, 6) is 0.485. The summed E-state index contributed by atoms with van der Waals surface area (Å²) in [6.07, 6.45) is 8.74. The van der Waals surface area contributed by atoms with E-state index >= 15 is 0 Å². The minimum Gasteiger partial charge on any atom is -0.324 e. The molecule has 1 N–H and O–H groups in total. The van der Waals surface area contributed by atoms with Crippen molar-refractivity contribution in [3.05, 3.63) is 96.7 Å². The molecule has 1 amide bonds. The van der Waals surface area contributed by atoms with E-state index < -0.39 is 0 Å². The largest absolute Gasteiger partial charge is 0.324 e. The van der Waals surface area contributed by atoms with Crippen molar-refractivity contribution in [2.24, 2.45) is 0 Å². The molecule has 3 aromatic heterocycles. The van der Waals surface area contributed by atoms with E-state index in [0.29, 0.717) is 18.8 Å². The van der Waals surface area contributed by atoms with Crippen molar-refractivity contribution in [2.45, 2.75) is 19.4 Å². The Balaban J connectivity index is 1.30. The Hall–Kier alpha value is -3.67. The Morgan fingerprint density at radius 2 is 1.75 bits per heavy atom. The van der Waals surface area contributed by atoms with Gasteiger partial charge in [0.05, 0.1) is 6.42 Å². The minimum atomic E-state index is -0.0799. The third-order valence-electron chi connectivity index (χ3n) is 4.43. The van der Waals surface area contributed by atoms with Crippen LogP contribution < -0.4 is 5.32 Å². The fourth-order valence-corrected chi connectivity index (χ4v) is 2.99. The summed E-state index contributed by atoms with van der Waals surface area (Å²) in [5, 5.41) is 7.27. The maximum absolute atomic E-state index is 12.3. The zero-order valence-electron chi connectivity index (χ0n) is 15.4. The number of nitrogens with one attached hydrogen (secondary N) is 1. The summed E-state index contributed by atoms with van der Waals surface area (Å²) < 4.78 is 3.84. The van der Waals surface area contributed by atoms with Crippen molar-refractivity contribution in [1.82, 2.24) is 19.3 Å². The van der Waals surface area contributed by atoms with Crippen molar-refractivity contribution in [2.75, 3.05) is 5.32 Å². The Morgan fingerprint density at radius 3 is 2.50 bits per heavy atom. The van der Waals surface area contributed by atoms with Crippen molar-refractivity contribution in [3.63, 3.8) is 0 Å². The van der Waals surface area contributed by atoms with Gasteiger partial charge in [-0.2, -0.15) is 5.10 Å². The molecule has 4 aromatic rings. The second kappa shape index (κ2) is 8.35. The maximum atomic E-state index is 12.3. The molecule has 0 bridgehead atoms. The molecule has 28 heavy (non-hydrogen) atoms. The van der Waals surface area contributed by atoms with Crippen LogP contribution in [0.5, 0.6) is 0 Å². The predicted octanol–water partition coefficient (Wildman–Crippen LogP) is 3.49. The Morgan fingerprint density at radius 1 is 0.929 bits per heavy atom. The summed E-state index contributed by atoms with van der Waals surface area (Å²) in [7, 11) is 0. The Labute approximate surface area is 163 Å². The number of aromatic nitrogens is 4. The van der Waals surface area contributed by atoms with Gasteiger partial charge in [0.15, 0.2) is 5.82 Å². The van der Waals surface area contributed by atoms with Crippen LogP contribution in [-0.4, -0.2) is 25.2 Å². The average Bonchev–Trinajstić information content (AvgIpc) is 3.40. The number of anilines is 1. The standard InChI is InChI=1S/C22H21N5O/c28-22(17-18-6-8-20(9-7-18)26-13-3-4-14-26)24-21-11-16-27(25-21)15-10-19-5-1-2-12-23-19/h1-9,11-14,16H,10,15,17H2,(H,24,25,28). The smallest absolute Gasteiger partial charge is 0.229 e. The van der Waals surface area contributed by atoms with Gasteiger partial charge in [0.25, 0.3) is 0 Å². The van der Waals surface area contributed by atoms with Gasteiger partial charge in [0.2, 0.25) is 5.91 Å². The normalized spacial score (nSPS) is 10.7. The lowest BCUT2D eigenvalue weighted by molar-refractivity contribution is -0.115. The number of nitrogens with zero attached hydrogens (tertiary/aromatic N) is 4. The molecule has 0 atom stereocenters. The fraction of sp³-hybridized carbons (Fsp3) is 0.136. The molecule has 0 aliphatic carbocycles. The zero-order chi connectivity index (χ0) is 19.2. The molecule has 4 rings (SSSR count). The number of benzene rings is 1. The summed E-state index contributed by atoms with van der Waals surface area (Å²) in [6, 6.07) is 19.6. The van der Waals surface area contributed by atoms with Crippen LogP contribution in [0.25, 0.3) is 5.69 Å². The van der Waals surface area contributed by atoms with Crippen molar-refractivity contribution >= 4 is 11.7 Å². The number of aryl methyl sites for hydroxylation is 2. The molecule has 0 saturated carbocycles. The molecule has 0 fully saturated rings. The number of pyridine rings is 1. The molecule has 0 aliphatic rings. The van der Waals surface area contributed by atoms with Crippen LogP contribution in [0.1, 0.15) is 11.3 Å². The van der Waals surface area contributed by atoms with E-state index in [1.165, 1.54) is 0 Å². The molecule has 1 aromatic carbocycles. The summed E-state index contributed by atoms with van der Waals surface area (Å²) in [4.78, 5) is 16.6. The fourth-order valence-electron chi connectivity index (χ4n) is 2.99. The van der Waals surface area contributed by atoms with E-state index in [4.69, 9.17) is 0 Å². The second-order valence-corrected chi connectivity index (χ2v) is 6.52. The van der Waals surface area contributed by atoms with E-state index in [1.807, 2.05) is 88.5 Å². The molecule has 0 unspecified atom stereocenters. The summed E-state index contributed by atoms with van der Waals surface area (Å²) >= 11 is 0. The van der Waals surface area contributed by atoms with Gasteiger partial charge in [-0.05, 0) is 42.0 Å². The molecule has 3 heterocycles. The average molecular weight is 371 g/mol. The second-order valence-electron chi connectivity index (χ2n) is 6.52. The van der Waals surface area contributed by atoms with Gasteiger partial charge >= 0.3 is 0 Å². The number of carbonyl (C=O) groups is 1. The first-order chi connectivity index (χ1) is 13.8. The van der Waals surface area contributed by atoms with E-state index in [2.05, 4.69) is 15.4 Å². The van der Waals surface area contributed by atoms with E-state index in [9.17, 15) is 4.79 Å². The highest BCUT2D eigenvalue weighted by molar-refractivity contribution is 5.91. The first-order valence-electron chi connectivity index (χ1n) is 9.22. The van der Waals surface area contributed by atoms with Crippen LogP contribution in [0.4, 0.5) is 5.82 Å². The van der Waals surface area contributed by atoms with Gasteiger partial charge in [-0.25, -0.2) is 0 Å². The van der Waals surface area contributed by atoms with Crippen molar-refractivity contribution in [3.8, 4) is 5.69 Å². The van der Waals surface area contributed by atoms with Crippen LogP contribution in [0.3, 0.4) is 0 Å². The van der Waals surface area contributed by atoms with E-state index in [-0.39, 0.29) is 5.91 Å². The quantitative estimate of drug-likeness (QED) is 0.541. The van der Waals surface area contributed by atoms with Crippen LogP contribution >= 0.6 is 0 Å². The molecular weight excluding hydrogens is 350 g/mol. The van der Waals surface area contributed by atoms with E-state index in [1.54, 1.807) is 6.20 Å². The first kappa shape index (κ1) is 17.7. The maximum Gasteiger partial charge on any atom is 0.229 e. The topological polar surface area (TPSA) is 64.7 Å². The van der Waals surface area contributed by atoms with Gasteiger partial charge in [0.1, 0.15) is 0 Å². The Kier molecular flexibility index (Phi) is 5.29. The lowest BCUT2D eigenvalue weighted by atomic mass is 10.1. The highest BCUT2D eigenvalue weighted by atomic mass is 16.1. The highest BCUT2D eigenvalue weighted by Gasteiger charge is 2.07.